The number of aryl methyl sites for hydroxylation is 1. The Balaban J connectivity index is 1.30. The van der Waals surface area contributed by atoms with E-state index in [2.05, 4.69) is 31.6 Å². The number of aromatic nitrogens is 1. The number of piperazine rings is 1. The van der Waals surface area contributed by atoms with Crippen molar-refractivity contribution >= 4 is 64.2 Å². The van der Waals surface area contributed by atoms with Crippen LogP contribution in [0, 0.1) is 6.92 Å². The molecular weight excluding hydrogens is 548 g/mol. The van der Waals surface area contributed by atoms with Crippen LogP contribution in [0.1, 0.15) is 15.9 Å². The molecule has 10 heteroatoms. The number of amides is 1. The predicted molar refractivity (Wildman–Crippen MR) is 144 cm³/mol. The van der Waals surface area contributed by atoms with E-state index in [0.29, 0.717) is 31.7 Å². The number of halogens is 1. The zero-order valence-electron chi connectivity index (χ0n) is 18.9. The average molecular weight is 572 g/mol. The summed E-state index contributed by atoms with van der Waals surface area (Å²) in [4.78, 5) is 22.2. The molecule has 0 saturated carbocycles. The van der Waals surface area contributed by atoms with E-state index in [4.69, 9.17) is 4.98 Å². The van der Waals surface area contributed by atoms with Crippen molar-refractivity contribution < 1.29 is 13.2 Å². The highest BCUT2D eigenvalue weighted by molar-refractivity contribution is 9.10. The number of para-hydroxylation sites is 1. The van der Waals surface area contributed by atoms with Crippen LogP contribution in [-0.2, 0) is 10.0 Å². The SMILES string of the molecule is Cc1ccc(S(=O)(=O)Nc2ccccc2C(=O)N2CCN(c3nc4ccc(Br)cc4s3)CC2)cc1. The zero-order valence-corrected chi connectivity index (χ0v) is 22.2. The predicted octanol–water partition coefficient (Wildman–Crippen LogP) is 5.13. The van der Waals surface area contributed by atoms with Gasteiger partial charge in [-0.2, -0.15) is 0 Å². The van der Waals surface area contributed by atoms with Gasteiger partial charge in [-0.1, -0.05) is 57.1 Å². The summed E-state index contributed by atoms with van der Waals surface area (Å²) in [6.45, 7) is 4.26. The molecule has 1 fully saturated rings. The van der Waals surface area contributed by atoms with Crippen molar-refractivity contribution in [3.8, 4) is 0 Å². The van der Waals surface area contributed by atoms with E-state index in [1.54, 1.807) is 64.8 Å². The number of nitrogens with zero attached hydrogens (tertiary/aromatic N) is 3. The van der Waals surface area contributed by atoms with Gasteiger partial charge in [-0.05, 0) is 49.4 Å². The molecule has 1 aromatic heterocycles. The van der Waals surface area contributed by atoms with Crippen molar-refractivity contribution in [1.82, 2.24) is 9.88 Å². The van der Waals surface area contributed by atoms with Crippen molar-refractivity contribution in [3.63, 3.8) is 0 Å². The third-order valence-corrected chi connectivity index (χ3v) is 8.86. The molecule has 1 aliphatic heterocycles. The van der Waals surface area contributed by atoms with Gasteiger partial charge >= 0.3 is 0 Å². The molecule has 2 heterocycles. The van der Waals surface area contributed by atoms with Crippen LogP contribution in [0.25, 0.3) is 10.2 Å². The minimum absolute atomic E-state index is 0.154. The molecule has 4 aromatic rings. The second-order valence-electron chi connectivity index (χ2n) is 8.35. The van der Waals surface area contributed by atoms with Crippen LogP contribution in [0.2, 0.25) is 0 Å². The van der Waals surface area contributed by atoms with Gasteiger partial charge in [0.05, 0.1) is 26.4 Å². The van der Waals surface area contributed by atoms with Gasteiger partial charge in [0.15, 0.2) is 5.13 Å². The average Bonchev–Trinajstić information content (AvgIpc) is 3.27. The smallest absolute Gasteiger partial charge is 0.261 e. The number of benzene rings is 3. The maximum Gasteiger partial charge on any atom is 0.261 e. The molecule has 1 N–H and O–H groups in total. The maximum absolute atomic E-state index is 13.4. The van der Waals surface area contributed by atoms with E-state index in [9.17, 15) is 13.2 Å². The van der Waals surface area contributed by atoms with Gasteiger partial charge in [-0.3, -0.25) is 9.52 Å². The monoisotopic (exact) mass is 570 g/mol. The number of fused-ring (bicyclic) bond motifs is 1. The molecule has 35 heavy (non-hydrogen) atoms. The van der Waals surface area contributed by atoms with Crippen LogP contribution >= 0.6 is 27.3 Å². The van der Waals surface area contributed by atoms with Crippen molar-refractivity contribution in [2.75, 3.05) is 35.8 Å². The molecule has 0 aliphatic carbocycles. The van der Waals surface area contributed by atoms with Crippen molar-refractivity contribution in [2.24, 2.45) is 0 Å². The van der Waals surface area contributed by atoms with Crippen LogP contribution in [-0.4, -0.2) is 50.4 Å². The molecule has 0 bridgehead atoms. The summed E-state index contributed by atoms with van der Waals surface area (Å²) >= 11 is 5.14. The summed E-state index contributed by atoms with van der Waals surface area (Å²) in [6, 6.07) is 19.4. The van der Waals surface area contributed by atoms with Gasteiger partial charge in [0.2, 0.25) is 0 Å². The maximum atomic E-state index is 13.4. The molecule has 0 unspecified atom stereocenters. The first-order chi connectivity index (χ1) is 16.8. The van der Waals surface area contributed by atoms with Gasteiger partial charge in [-0.15, -0.1) is 0 Å². The van der Waals surface area contributed by atoms with Crippen LogP contribution in [0.15, 0.2) is 76.1 Å². The normalized spacial score (nSPS) is 14.3. The Hall–Kier alpha value is -2.95. The molecule has 0 radical (unpaired) electrons. The van der Waals surface area contributed by atoms with Gasteiger partial charge in [-0.25, -0.2) is 13.4 Å². The van der Waals surface area contributed by atoms with E-state index in [1.807, 2.05) is 19.1 Å². The number of carbonyl (C=O) groups is 1. The molecule has 0 spiro atoms. The quantitative estimate of drug-likeness (QED) is 0.359. The second-order valence-corrected chi connectivity index (χ2v) is 12.0. The van der Waals surface area contributed by atoms with Gasteiger partial charge in [0.25, 0.3) is 15.9 Å². The molecule has 0 atom stereocenters. The first-order valence-corrected chi connectivity index (χ1v) is 14.2. The number of hydrogen-bond acceptors (Lipinski definition) is 6. The van der Waals surface area contributed by atoms with Crippen molar-refractivity contribution in [3.05, 3.63) is 82.3 Å². The van der Waals surface area contributed by atoms with Crippen LogP contribution in [0.3, 0.4) is 0 Å². The fraction of sp³-hybridized carbons (Fsp3) is 0.200. The molecule has 1 aliphatic rings. The lowest BCUT2D eigenvalue weighted by Crippen LogP contribution is -2.48. The Morgan fingerprint density at radius 3 is 2.46 bits per heavy atom. The van der Waals surface area contributed by atoms with Crippen LogP contribution in [0.5, 0.6) is 0 Å². The largest absolute Gasteiger partial charge is 0.345 e. The molecule has 1 saturated heterocycles. The van der Waals surface area contributed by atoms with Crippen molar-refractivity contribution in [2.45, 2.75) is 11.8 Å². The fourth-order valence-corrected chi connectivity index (χ4v) is 6.62. The number of nitrogens with one attached hydrogen (secondary N) is 1. The third kappa shape index (κ3) is 5.05. The van der Waals surface area contributed by atoms with Gasteiger partial charge < -0.3 is 9.80 Å². The van der Waals surface area contributed by atoms with E-state index < -0.39 is 10.0 Å². The second kappa shape index (κ2) is 9.60. The number of anilines is 2. The third-order valence-electron chi connectivity index (χ3n) is 5.91. The Kier molecular flexibility index (Phi) is 6.52. The van der Waals surface area contributed by atoms with Crippen LogP contribution < -0.4 is 9.62 Å². The fourth-order valence-electron chi connectivity index (χ4n) is 3.97. The minimum atomic E-state index is -3.82. The Bertz CT molecular complexity index is 1490. The van der Waals surface area contributed by atoms with E-state index in [-0.39, 0.29) is 16.5 Å². The highest BCUT2D eigenvalue weighted by Crippen LogP contribution is 2.31. The topological polar surface area (TPSA) is 82.6 Å². The summed E-state index contributed by atoms with van der Waals surface area (Å²) in [7, 11) is -3.82. The molecule has 1 amide bonds. The number of sulfonamides is 1. The highest BCUT2D eigenvalue weighted by atomic mass is 79.9. The highest BCUT2D eigenvalue weighted by Gasteiger charge is 2.26. The number of thiazole rings is 1. The van der Waals surface area contributed by atoms with E-state index in [0.717, 1.165) is 25.4 Å². The van der Waals surface area contributed by atoms with Crippen LogP contribution in [0.4, 0.5) is 10.8 Å². The lowest BCUT2D eigenvalue weighted by molar-refractivity contribution is 0.0748. The Morgan fingerprint density at radius 1 is 1.00 bits per heavy atom. The van der Waals surface area contributed by atoms with E-state index in [1.165, 1.54) is 0 Å². The molecule has 7 nitrogen and oxygen atoms in total. The van der Waals surface area contributed by atoms with E-state index >= 15 is 0 Å². The van der Waals surface area contributed by atoms with Gasteiger partial charge in [0.1, 0.15) is 0 Å². The zero-order chi connectivity index (χ0) is 24.6. The summed E-state index contributed by atoms with van der Waals surface area (Å²) < 4.78 is 30.5. The summed E-state index contributed by atoms with van der Waals surface area (Å²) in [6.07, 6.45) is 0. The number of carbonyl (C=O) groups excluding carboxylic acids is 1. The first kappa shape index (κ1) is 23.8. The lowest BCUT2D eigenvalue weighted by Gasteiger charge is -2.34. The molecule has 180 valence electrons. The lowest BCUT2D eigenvalue weighted by atomic mass is 10.1. The molecule has 3 aromatic carbocycles. The van der Waals surface area contributed by atoms with Crippen molar-refractivity contribution in [1.29, 1.82) is 0 Å². The molecule has 5 rings (SSSR count). The Labute approximate surface area is 216 Å². The minimum Gasteiger partial charge on any atom is -0.345 e. The number of rotatable bonds is 5. The summed E-state index contributed by atoms with van der Waals surface area (Å²) in [5.74, 6) is -0.194. The first-order valence-electron chi connectivity index (χ1n) is 11.1. The summed E-state index contributed by atoms with van der Waals surface area (Å²) in [5.41, 5.74) is 2.54. The Morgan fingerprint density at radius 2 is 1.71 bits per heavy atom. The number of hydrogen-bond donors (Lipinski definition) is 1. The molecular formula is C25H23BrN4O3S2. The summed E-state index contributed by atoms with van der Waals surface area (Å²) in [5, 5.41) is 0.941. The standard InChI is InChI=1S/C25H23BrN4O3S2/c1-17-6-9-19(10-7-17)35(32,33)28-21-5-3-2-4-20(21)24(31)29-12-14-30(15-13-29)25-27-22-11-8-18(26)16-23(22)34-25/h2-11,16,28H,12-15H2,1H3. The van der Waals surface area contributed by atoms with Gasteiger partial charge in [0, 0.05) is 30.7 Å².